The van der Waals surface area contributed by atoms with E-state index in [1.54, 1.807) is 0 Å². The molecule has 226 valence electrons. The van der Waals surface area contributed by atoms with Gasteiger partial charge in [0.05, 0.1) is 16.6 Å². The third-order valence-electron chi connectivity index (χ3n) is 10.8. The molecule has 0 bridgehead atoms. The van der Waals surface area contributed by atoms with Crippen LogP contribution in [0.4, 0.5) is 17.1 Å². The van der Waals surface area contributed by atoms with E-state index >= 15 is 0 Å². The van der Waals surface area contributed by atoms with Crippen LogP contribution in [0.1, 0.15) is 0 Å². The van der Waals surface area contributed by atoms with Gasteiger partial charge >= 0.3 is 6.85 Å². The van der Waals surface area contributed by atoms with E-state index in [2.05, 4.69) is 172 Å². The number of hydrogen-bond acceptors (Lipinski definition) is 2. The highest BCUT2D eigenvalue weighted by Crippen LogP contribution is 2.47. The second kappa shape index (κ2) is 9.12. The van der Waals surface area contributed by atoms with Crippen LogP contribution in [-0.2, 0) is 0 Å². The molecule has 3 aromatic heterocycles. The predicted molar refractivity (Wildman–Crippen MR) is 204 cm³/mol. The molecule has 2 aliphatic heterocycles. The summed E-state index contributed by atoms with van der Waals surface area (Å²) < 4.78 is 11.8. The van der Waals surface area contributed by atoms with Gasteiger partial charge in [-0.3, -0.25) is 0 Å². The summed E-state index contributed by atoms with van der Waals surface area (Å²) in [5, 5.41) is 4.86. The summed E-state index contributed by atoms with van der Waals surface area (Å²) in [5.41, 5.74) is 16.5. The van der Waals surface area contributed by atoms with Crippen LogP contribution in [0.3, 0.4) is 0 Å². The summed E-state index contributed by atoms with van der Waals surface area (Å²) in [7, 11) is 0. The van der Waals surface area contributed by atoms with Crippen molar-refractivity contribution in [2.75, 3.05) is 4.90 Å². The van der Waals surface area contributed by atoms with Crippen molar-refractivity contribution < 1.29 is 4.42 Å². The number of rotatable bonds is 3. The van der Waals surface area contributed by atoms with Crippen molar-refractivity contribution in [2.45, 2.75) is 0 Å². The second-order valence-electron chi connectivity index (χ2n) is 13.3. The lowest BCUT2D eigenvalue weighted by Gasteiger charge is -2.35. The van der Waals surface area contributed by atoms with Crippen molar-refractivity contribution in [3.8, 4) is 16.8 Å². The zero-order valence-electron chi connectivity index (χ0n) is 26.3. The lowest BCUT2D eigenvalue weighted by atomic mass is 9.45. The Morgan fingerprint density at radius 2 is 1.16 bits per heavy atom. The maximum atomic E-state index is 6.70. The zero-order valence-corrected chi connectivity index (χ0v) is 26.3. The first kappa shape index (κ1) is 25.6. The quantitative estimate of drug-likeness (QED) is 0.183. The SMILES string of the molecule is c1ccc(N(c2ccccc2)c2cc3c4c(c2)-n2c5ccccc5c5cccc(c52)B4n2c4c-3cccc4c3oc4ccccc4c32)cc1. The molecular weight excluding hydrogens is 597 g/mol. The lowest BCUT2D eigenvalue weighted by Crippen LogP contribution is -2.55. The molecule has 5 heterocycles. The van der Waals surface area contributed by atoms with E-state index in [4.69, 9.17) is 4.42 Å². The van der Waals surface area contributed by atoms with Gasteiger partial charge in [-0.1, -0.05) is 97.1 Å². The Kier molecular flexibility index (Phi) is 4.77. The van der Waals surface area contributed by atoms with Gasteiger partial charge < -0.3 is 18.4 Å². The molecule has 7 aromatic carbocycles. The average molecular weight is 624 g/mol. The molecule has 4 nitrogen and oxygen atoms in total. The van der Waals surface area contributed by atoms with Crippen molar-refractivity contribution >= 4 is 89.6 Å². The number of benzene rings is 7. The van der Waals surface area contributed by atoms with Gasteiger partial charge in [0.1, 0.15) is 5.58 Å². The number of aromatic nitrogens is 2. The van der Waals surface area contributed by atoms with Crippen molar-refractivity contribution in [3.05, 3.63) is 158 Å². The summed E-state index contributed by atoms with van der Waals surface area (Å²) in [5.74, 6) is 0. The summed E-state index contributed by atoms with van der Waals surface area (Å²) >= 11 is 0. The molecule has 0 spiro atoms. The Morgan fingerprint density at radius 3 is 1.98 bits per heavy atom. The minimum absolute atomic E-state index is 0.0302. The predicted octanol–water partition coefficient (Wildman–Crippen LogP) is 10.1. The zero-order chi connectivity index (χ0) is 31.8. The molecule has 0 aliphatic carbocycles. The summed E-state index contributed by atoms with van der Waals surface area (Å²) in [6, 6.07) is 57.3. The van der Waals surface area contributed by atoms with Crippen LogP contribution in [0, 0.1) is 0 Å². The third kappa shape index (κ3) is 3.15. The topological polar surface area (TPSA) is 26.2 Å². The van der Waals surface area contributed by atoms with Crippen molar-refractivity contribution in [1.29, 1.82) is 0 Å². The summed E-state index contributed by atoms with van der Waals surface area (Å²) in [6.07, 6.45) is 0. The third-order valence-corrected chi connectivity index (χ3v) is 10.8. The van der Waals surface area contributed by atoms with Crippen LogP contribution in [-0.4, -0.2) is 15.9 Å². The van der Waals surface area contributed by atoms with Gasteiger partial charge in [0, 0.05) is 55.4 Å². The van der Waals surface area contributed by atoms with Crippen molar-refractivity contribution in [2.24, 2.45) is 0 Å². The Hall–Kier alpha value is -6.46. The number of nitrogens with zero attached hydrogens (tertiary/aromatic N) is 3. The maximum Gasteiger partial charge on any atom is 0.333 e. The van der Waals surface area contributed by atoms with Gasteiger partial charge in [0.15, 0.2) is 5.58 Å². The molecule has 12 rings (SSSR count). The molecular formula is C44H26BN3O. The van der Waals surface area contributed by atoms with Crippen LogP contribution < -0.4 is 15.8 Å². The highest BCUT2D eigenvalue weighted by atomic mass is 16.3. The Morgan fingerprint density at radius 1 is 0.490 bits per heavy atom. The fourth-order valence-electron chi connectivity index (χ4n) is 9.02. The molecule has 5 heteroatoms. The van der Waals surface area contributed by atoms with Crippen LogP contribution in [0.5, 0.6) is 0 Å². The highest BCUT2D eigenvalue weighted by Gasteiger charge is 2.42. The molecule has 0 radical (unpaired) electrons. The number of fused-ring (bicyclic) bond motifs is 12. The van der Waals surface area contributed by atoms with E-state index in [-0.39, 0.29) is 6.85 Å². The van der Waals surface area contributed by atoms with Gasteiger partial charge in [0.2, 0.25) is 0 Å². The standard InChI is InChI=1S/C44H26BN3O/c1-3-13-27(14-4-1)46(28-15-5-2-6-16-28)29-25-35-32-19-11-21-34-41(32)48(43-33-18-8-10-24-39(33)49-44(34)43)45-36-22-12-20-31-30-17-7-9-23-37(30)47(42(31)36)38(26-29)40(35)45/h1-26H. The monoisotopic (exact) mass is 623 g/mol. The van der Waals surface area contributed by atoms with Gasteiger partial charge in [-0.2, -0.15) is 0 Å². The second-order valence-corrected chi connectivity index (χ2v) is 13.3. The first-order valence-corrected chi connectivity index (χ1v) is 16.9. The molecule has 49 heavy (non-hydrogen) atoms. The maximum absolute atomic E-state index is 6.70. The molecule has 0 saturated carbocycles. The minimum Gasteiger partial charge on any atom is -0.454 e. The molecule has 0 atom stereocenters. The molecule has 0 amide bonds. The van der Waals surface area contributed by atoms with Gasteiger partial charge in [-0.05, 0) is 77.2 Å². The number of hydrogen-bond donors (Lipinski definition) is 0. The smallest absolute Gasteiger partial charge is 0.333 e. The van der Waals surface area contributed by atoms with Crippen LogP contribution in [0.2, 0.25) is 0 Å². The molecule has 0 unspecified atom stereocenters. The lowest BCUT2D eigenvalue weighted by molar-refractivity contribution is 0.673. The molecule has 0 saturated heterocycles. The average Bonchev–Trinajstić information content (AvgIpc) is 3.81. The first-order chi connectivity index (χ1) is 24.3. The fourth-order valence-corrected chi connectivity index (χ4v) is 9.02. The van der Waals surface area contributed by atoms with E-state index in [1.165, 1.54) is 60.6 Å². The summed E-state index contributed by atoms with van der Waals surface area (Å²) in [4.78, 5) is 2.39. The normalized spacial score (nSPS) is 12.9. The fraction of sp³-hybridized carbons (Fsp3) is 0. The van der Waals surface area contributed by atoms with Crippen molar-refractivity contribution in [3.63, 3.8) is 0 Å². The van der Waals surface area contributed by atoms with Gasteiger partial charge in [-0.25, -0.2) is 0 Å². The Balaban J connectivity index is 1.30. The Labute approximate surface area is 281 Å². The van der Waals surface area contributed by atoms with E-state index in [0.717, 1.165) is 39.0 Å². The summed E-state index contributed by atoms with van der Waals surface area (Å²) in [6.45, 7) is -0.0302. The van der Waals surface area contributed by atoms with Crippen LogP contribution in [0.25, 0.3) is 71.6 Å². The highest BCUT2D eigenvalue weighted by molar-refractivity contribution is 6.90. The van der Waals surface area contributed by atoms with Gasteiger partial charge in [0.25, 0.3) is 0 Å². The van der Waals surface area contributed by atoms with E-state index in [0.29, 0.717) is 0 Å². The molecule has 2 aliphatic rings. The molecule has 0 N–H and O–H groups in total. The van der Waals surface area contributed by atoms with Crippen LogP contribution in [0.15, 0.2) is 162 Å². The molecule has 10 aromatic rings. The van der Waals surface area contributed by atoms with E-state index < -0.39 is 0 Å². The number of furan rings is 1. The number of anilines is 3. The number of para-hydroxylation sites is 6. The van der Waals surface area contributed by atoms with E-state index in [9.17, 15) is 0 Å². The van der Waals surface area contributed by atoms with E-state index in [1.807, 2.05) is 0 Å². The minimum atomic E-state index is -0.0302. The molecule has 0 fully saturated rings. The van der Waals surface area contributed by atoms with Crippen LogP contribution >= 0.6 is 0 Å². The first-order valence-electron chi connectivity index (χ1n) is 16.9. The van der Waals surface area contributed by atoms with Crippen molar-refractivity contribution in [1.82, 2.24) is 9.05 Å². The largest absolute Gasteiger partial charge is 0.454 e. The van der Waals surface area contributed by atoms with Gasteiger partial charge in [-0.15, -0.1) is 0 Å². The Bertz CT molecular complexity index is 2970.